The highest BCUT2D eigenvalue weighted by atomic mass is 16.5. The van der Waals surface area contributed by atoms with Gasteiger partial charge in [0, 0.05) is 18.0 Å². The Morgan fingerprint density at radius 2 is 2.20 bits per heavy atom. The van der Waals surface area contributed by atoms with Crippen molar-refractivity contribution in [3.05, 3.63) is 30.1 Å². The molecule has 1 aliphatic rings. The predicted octanol–water partition coefficient (Wildman–Crippen LogP) is 2.60. The largest absolute Gasteiger partial charge is 0.494 e. The van der Waals surface area contributed by atoms with Crippen LogP contribution in [0, 0.1) is 0 Å². The Kier molecular flexibility index (Phi) is 3.97. The molecule has 0 saturated carbocycles. The molecule has 1 fully saturated rings. The van der Waals surface area contributed by atoms with Crippen LogP contribution in [0.3, 0.4) is 0 Å². The first kappa shape index (κ1) is 13.1. The van der Waals surface area contributed by atoms with Crippen molar-refractivity contribution in [2.45, 2.75) is 25.7 Å². The summed E-state index contributed by atoms with van der Waals surface area (Å²) in [6.07, 6.45) is 2.28. The molecule has 0 aliphatic carbocycles. The maximum absolute atomic E-state index is 5.42. The topological polar surface area (TPSA) is 60.2 Å². The van der Waals surface area contributed by atoms with Crippen LogP contribution in [0.4, 0.5) is 0 Å². The monoisotopic (exact) mass is 273 g/mol. The molecule has 1 aromatic heterocycles. The van der Waals surface area contributed by atoms with Crippen molar-refractivity contribution in [2.24, 2.45) is 0 Å². The molecule has 0 amide bonds. The summed E-state index contributed by atoms with van der Waals surface area (Å²) < 4.78 is 10.8. The second kappa shape index (κ2) is 6.05. The van der Waals surface area contributed by atoms with E-state index in [1.54, 1.807) is 0 Å². The molecule has 0 radical (unpaired) electrons. The molecule has 106 valence electrons. The van der Waals surface area contributed by atoms with Gasteiger partial charge < -0.3 is 14.6 Å². The van der Waals surface area contributed by atoms with Gasteiger partial charge in [-0.2, -0.15) is 4.98 Å². The van der Waals surface area contributed by atoms with Crippen LogP contribution < -0.4 is 10.1 Å². The van der Waals surface area contributed by atoms with Crippen molar-refractivity contribution in [1.29, 1.82) is 0 Å². The van der Waals surface area contributed by atoms with E-state index in [0.717, 1.165) is 43.1 Å². The molecular formula is C15H19N3O2. The minimum Gasteiger partial charge on any atom is -0.494 e. The smallest absolute Gasteiger partial charge is 0.257 e. The first-order valence-corrected chi connectivity index (χ1v) is 7.14. The van der Waals surface area contributed by atoms with E-state index >= 15 is 0 Å². The molecule has 2 aromatic rings. The first-order valence-electron chi connectivity index (χ1n) is 7.14. The molecule has 5 heteroatoms. The molecule has 5 nitrogen and oxygen atoms in total. The Labute approximate surface area is 118 Å². The summed E-state index contributed by atoms with van der Waals surface area (Å²) in [5, 5.41) is 7.48. The van der Waals surface area contributed by atoms with Gasteiger partial charge in [-0.15, -0.1) is 0 Å². The van der Waals surface area contributed by atoms with Crippen molar-refractivity contribution in [1.82, 2.24) is 15.5 Å². The summed E-state index contributed by atoms with van der Waals surface area (Å²) in [5.41, 5.74) is 0.927. The summed E-state index contributed by atoms with van der Waals surface area (Å²) in [7, 11) is 0. The molecule has 1 aromatic carbocycles. The predicted molar refractivity (Wildman–Crippen MR) is 75.7 cm³/mol. The van der Waals surface area contributed by atoms with Crippen LogP contribution in [0.25, 0.3) is 11.5 Å². The van der Waals surface area contributed by atoms with Crippen molar-refractivity contribution < 1.29 is 9.26 Å². The Bertz CT molecular complexity index is 545. The van der Waals surface area contributed by atoms with Gasteiger partial charge in [-0.3, -0.25) is 0 Å². The van der Waals surface area contributed by atoms with Crippen LogP contribution in [0.15, 0.2) is 28.8 Å². The standard InChI is InChI=1S/C15H19N3O2/c1-2-19-13-7-5-11(6-8-13)15-17-14(18-20-15)12-4-3-9-16-10-12/h5-8,12,16H,2-4,9-10H2,1H3. The molecule has 1 atom stereocenters. The summed E-state index contributed by atoms with van der Waals surface area (Å²) in [5.74, 6) is 2.60. The second-order valence-corrected chi connectivity index (χ2v) is 4.96. The molecule has 3 rings (SSSR count). The number of aromatic nitrogens is 2. The van der Waals surface area contributed by atoms with E-state index in [9.17, 15) is 0 Å². The van der Waals surface area contributed by atoms with Gasteiger partial charge in [0.25, 0.3) is 5.89 Å². The number of benzene rings is 1. The van der Waals surface area contributed by atoms with Gasteiger partial charge >= 0.3 is 0 Å². The molecule has 1 N–H and O–H groups in total. The van der Waals surface area contributed by atoms with E-state index in [0.29, 0.717) is 18.4 Å². The highest BCUT2D eigenvalue weighted by molar-refractivity contribution is 5.54. The van der Waals surface area contributed by atoms with Crippen LogP contribution in [-0.4, -0.2) is 29.8 Å². The number of hydrogen-bond donors (Lipinski definition) is 1. The average Bonchev–Trinajstić information content (AvgIpc) is 2.99. The van der Waals surface area contributed by atoms with Gasteiger partial charge in [0.05, 0.1) is 6.61 Å². The molecule has 0 spiro atoms. The van der Waals surface area contributed by atoms with Crippen LogP contribution >= 0.6 is 0 Å². The third-order valence-electron chi connectivity index (χ3n) is 3.52. The summed E-state index contributed by atoms with van der Waals surface area (Å²) in [6, 6.07) is 7.73. The quantitative estimate of drug-likeness (QED) is 0.927. The molecule has 2 heterocycles. The molecule has 1 saturated heterocycles. The third kappa shape index (κ3) is 2.82. The Hall–Kier alpha value is -1.88. The SMILES string of the molecule is CCOc1ccc(-c2nc(C3CCCNC3)no2)cc1. The van der Waals surface area contributed by atoms with Crippen LogP contribution in [-0.2, 0) is 0 Å². The molecule has 1 aliphatic heterocycles. The minimum atomic E-state index is 0.365. The van der Waals surface area contributed by atoms with Gasteiger partial charge in [0.2, 0.25) is 0 Å². The second-order valence-electron chi connectivity index (χ2n) is 4.96. The van der Waals surface area contributed by atoms with Gasteiger partial charge in [-0.25, -0.2) is 0 Å². The van der Waals surface area contributed by atoms with E-state index < -0.39 is 0 Å². The number of ether oxygens (including phenoxy) is 1. The number of hydrogen-bond acceptors (Lipinski definition) is 5. The number of nitrogens with one attached hydrogen (secondary N) is 1. The normalized spacial score (nSPS) is 18.9. The van der Waals surface area contributed by atoms with Gasteiger partial charge in [0.15, 0.2) is 5.82 Å². The van der Waals surface area contributed by atoms with Crippen molar-refractivity contribution in [2.75, 3.05) is 19.7 Å². The molecular weight excluding hydrogens is 254 g/mol. The van der Waals surface area contributed by atoms with Crippen molar-refractivity contribution >= 4 is 0 Å². The minimum absolute atomic E-state index is 0.365. The molecule has 0 bridgehead atoms. The lowest BCUT2D eigenvalue weighted by Gasteiger charge is -2.19. The van der Waals surface area contributed by atoms with E-state index in [4.69, 9.17) is 9.26 Å². The fraction of sp³-hybridized carbons (Fsp3) is 0.467. The number of piperidine rings is 1. The van der Waals surface area contributed by atoms with Gasteiger partial charge in [-0.1, -0.05) is 5.16 Å². The summed E-state index contributed by atoms with van der Waals surface area (Å²) >= 11 is 0. The van der Waals surface area contributed by atoms with Crippen molar-refractivity contribution in [3.63, 3.8) is 0 Å². The Balaban J connectivity index is 1.75. The fourth-order valence-electron chi connectivity index (χ4n) is 2.45. The van der Waals surface area contributed by atoms with Gasteiger partial charge in [0.1, 0.15) is 5.75 Å². The van der Waals surface area contributed by atoms with Crippen LogP contribution in [0.2, 0.25) is 0 Å². The summed E-state index contributed by atoms with van der Waals surface area (Å²) in [4.78, 5) is 4.52. The van der Waals surface area contributed by atoms with Crippen molar-refractivity contribution in [3.8, 4) is 17.2 Å². The highest BCUT2D eigenvalue weighted by Crippen LogP contribution is 2.25. The lowest BCUT2D eigenvalue weighted by Crippen LogP contribution is -2.28. The van der Waals surface area contributed by atoms with E-state index in [2.05, 4.69) is 15.5 Å². The zero-order valence-corrected chi connectivity index (χ0v) is 11.6. The Morgan fingerprint density at radius 3 is 2.90 bits per heavy atom. The first-order chi connectivity index (χ1) is 9.86. The zero-order chi connectivity index (χ0) is 13.8. The third-order valence-corrected chi connectivity index (χ3v) is 3.52. The maximum Gasteiger partial charge on any atom is 0.257 e. The fourth-order valence-corrected chi connectivity index (χ4v) is 2.45. The van der Waals surface area contributed by atoms with E-state index in [1.807, 2.05) is 31.2 Å². The molecule has 20 heavy (non-hydrogen) atoms. The van der Waals surface area contributed by atoms with Gasteiger partial charge in [-0.05, 0) is 50.6 Å². The Morgan fingerprint density at radius 1 is 1.35 bits per heavy atom. The maximum atomic E-state index is 5.42. The van der Waals surface area contributed by atoms with Crippen LogP contribution in [0.1, 0.15) is 31.5 Å². The number of rotatable bonds is 4. The zero-order valence-electron chi connectivity index (χ0n) is 11.6. The average molecular weight is 273 g/mol. The highest BCUT2D eigenvalue weighted by Gasteiger charge is 2.21. The van der Waals surface area contributed by atoms with Crippen LogP contribution in [0.5, 0.6) is 5.75 Å². The van der Waals surface area contributed by atoms with E-state index in [1.165, 1.54) is 0 Å². The lowest BCUT2D eigenvalue weighted by atomic mass is 9.99. The van der Waals surface area contributed by atoms with E-state index in [-0.39, 0.29) is 0 Å². The molecule has 1 unspecified atom stereocenters. The number of nitrogens with zero attached hydrogens (tertiary/aromatic N) is 2. The lowest BCUT2D eigenvalue weighted by molar-refractivity contribution is 0.340. The summed E-state index contributed by atoms with van der Waals surface area (Å²) in [6.45, 7) is 4.65.